The average molecular weight is 378 g/mol. The van der Waals surface area contributed by atoms with Crippen LogP contribution in [0.1, 0.15) is 79.1 Å². The van der Waals surface area contributed by atoms with Crippen LogP contribution in [0.25, 0.3) is 0 Å². The lowest BCUT2D eigenvalue weighted by Gasteiger charge is -2.38. The smallest absolute Gasteiger partial charge is 0.355 e. The van der Waals surface area contributed by atoms with Gasteiger partial charge in [-0.25, -0.2) is 9.59 Å². The van der Waals surface area contributed by atoms with E-state index < -0.39 is 11.9 Å². The molecule has 1 N–H and O–H groups in total. The van der Waals surface area contributed by atoms with Crippen LogP contribution in [0.3, 0.4) is 0 Å². The summed E-state index contributed by atoms with van der Waals surface area (Å²) in [5, 5.41) is 0. The van der Waals surface area contributed by atoms with Crippen molar-refractivity contribution in [1.82, 2.24) is 9.88 Å². The molecule has 7 heteroatoms. The van der Waals surface area contributed by atoms with E-state index in [0.717, 1.165) is 19.3 Å². The second-order valence-corrected chi connectivity index (χ2v) is 7.59. The van der Waals surface area contributed by atoms with E-state index in [1.54, 1.807) is 32.6 Å². The molecule has 1 amide bonds. The van der Waals surface area contributed by atoms with Crippen molar-refractivity contribution in [2.45, 2.75) is 79.0 Å². The van der Waals surface area contributed by atoms with Crippen molar-refractivity contribution in [3.63, 3.8) is 0 Å². The standard InChI is InChI=1S/C20H30N2O5/c1-11(2)27-19(24)17-14(5)18(21-15(17)6)20(25)26-10-16(23)22-12(3)8-7-9-13(22)4/h11-13,21H,7-10H2,1-6H3/t12-,13-/m1/s1. The molecular formula is C20H30N2O5. The van der Waals surface area contributed by atoms with E-state index in [-0.39, 0.29) is 36.4 Å². The van der Waals surface area contributed by atoms with Crippen molar-refractivity contribution >= 4 is 17.8 Å². The summed E-state index contributed by atoms with van der Waals surface area (Å²) < 4.78 is 10.5. The summed E-state index contributed by atoms with van der Waals surface area (Å²) >= 11 is 0. The van der Waals surface area contributed by atoms with Gasteiger partial charge in [0, 0.05) is 17.8 Å². The monoisotopic (exact) mass is 378 g/mol. The van der Waals surface area contributed by atoms with Crippen molar-refractivity contribution in [2.75, 3.05) is 6.61 Å². The van der Waals surface area contributed by atoms with E-state index in [2.05, 4.69) is 4.98 Å². The van der Waals surface area contributed by atoms with Crippen LogP contribution in [0, 0.1) is 13.8 Å². The maximum atomic E-state index is 12.5. The quantitative estimate of drug-likeness (QED) is 0.795. The Balaban J connectivity index is 2.06. The van der Waals surface area contributed by atoms with Gasteiger partial charge in [0.1, 0.15) is 5.69 Å². The number of esters is 2. The number of carbonyl (C=O) groups is 3. The second-order valence-electron chi connectivity index (χ2n) is 7.59. The first kappa shape index (κ1) is 21.0. The van der Waals surface area contributed by atoms with Gasteiger partial charge < -0.3 is 19.4 Å². The Kier molecular flexibility index (Phi) is 6.68. The van der Waals surface area contributed by atoms with Gasteiger partial charge >= 0.3 is 11.9 Å². The number of aromatic amines is 1. The molecule has 1 aliphatic heterocycles. The number of likely N-dealkylation sites (tertiary alicyclic amines) is 1. The molecule has 0 aliphatic carbocycles. The predicted octanol–water partition coefficient (Wildman–Crippen LogP) is 3.14. The minimum Gasteiger partial charge on any atom is -0.459 e. The fraction of sp³-hybridized carbons (Fsp3) is 0.650. The summed E-state index contributed by atoms with van der Waals surface area (Å²) in [5.74, 6) is -1.32. The molecule has 2 rings (SSSR count). The van der Waals surface area contributed by atoms with E-state index in [9.17, 15) is 14.4 Å². The molecule has 0 unspecified atom stereocenters. The molecule has 1 aliphatic rings. The predicted molar refractivity (Wildman–Crippen MR) is 101 cm³/mol. The topological polar surface area (TPSA) is 88.7 Å². The van der Waals surface area contributed by atoms with E-state index in [1.807, 2.05) is 13.8 Å². The highest BCUT2D eigenvalue weighted by Crippen LogP contribution is 2.23. The summed E-state index contributed by atoms with van der Waals surface area (Å²) in [4.78, 5) is 41.9. The summed E-state index contributed by atoms with van der Waals surface area (Å²) in [7, 11) is 0. The lowest BCUT2D eigenvalue weighted by Crippen LogP contribution is -2.49. The molecule has 1 saturated heterocycles. The number of amides is 1. The molecule has 0 spiro atoms. The van der Waals surface area contributed by atoms with Crippen LogP contribution in [0.15, 0.2) is 0 Å². The lowest BCUT2D eigenvalue weighted by atomic mass is 9.97. The molecule has 2 heterocycles. The highest BCUT2D eigenvalue weighted by atomic mass is 16.5. The number of rotatable bonds is 5. The first-order chi connectivity index (χ1) is 12.6. The molecule has 0 aromatic carbocycles. The van der Waals surface area contributed by atoms with Crippen LogP contribution in [0.2, 0.25) is 0 Å². The minimum atomic E-state index is -0.648. The summed E-state index contributed by atoms with van der Waals surface area (Å²) in [6, 6.07) is 0.290. The van der Waals surface area contributed by atoms with Crippen LogP contribution in [0.4, 0.5) is 0 Å². The van der Waals surface area contributed by atoms with E-state index in [1.165, 1.54) is 0 Å². The number of carbonyl (C=O) groups excluding carboxylic acids is 3. The van der Waals surface area contributed by atoms with Gasteiger partial charge in [0.2, 0.25) is 0 Å². The Morgan fingerprint density at radius 3 is 2.26 bits per heavy atom. The highest BCUT2D eigenvalue weighted by Gasteiger charge is 2.30. The molecule has 1 aromatic rings. The minimum absolute atomic E-state index is 0.145. The third kappa shape index (κ3) is 4.70. The molecular weight excluding hydrogens is 348 g/mol. The molecule has 0 radical (unpaired) electrons. The second kappa shape index (κ2) is 8.59. The SMILES string of the molecule is Cc1[nH]c(C(=O)OCC(=O)N2[C@H](C)CCC[C@H]2C)c(C)c1C(=O)OC(C)C. The van der Waals surface area contributed by atoms with E-state index in [0.29, 0.717) is 16.8 Å². The molecule has 0 saturated carbocycles. The van der Waals surface area contributed by atoms with Gasteiger partial charge in [0.15, 0.2) is 6.61 Å². The van der Waals surface area contributed by atoms with Crippen LogP contribution in [-0.2, 0) is 14.3 Å². The van der Waals surface area contributed by atoms with Gasteiger partial charge in [0.25, 0.3) is 5.91 Å². The summed E-state index contributed by atoms with van der Waals surface area (Å²) in [6.45, 7) is 10.6. The number of aromatic nitrogens is 1. The van der Waals surface area contributed by atoms with Gasteiger partial charge in [-0.3, -0.25) is 4.79 Å². The first-order valence-corrected chi connectivity index (χ1v) is 9.51. The zero-order valence-electron chi connectivity index (χ0n) is 17.0. The number of piperidine rings is 1. The lowest BCUT2D eigenvalue weighted by molar-refractivity contribution is -0.140. The molecule has 7 nitrogen and oxygen atoms in total. The maximum absolute atomic E-state index is 12.5. The van der Waals surface area contributed by atoms with Crippen molar-refractivity contribution in [2.24, 2.45) is 0 Å². The van der Waals surface area contributed by atoms with Gasteiger partial charge in [-0.15, -0.1) is 0 Å². The van der Waals surface area contributed by atoms with Crippen LogP contribution < -0.4 is 0 Å². The van der Waals surface area contributed by atoms with Crippen molar-refractivity contribution in [1.29, 1.82) is 0 Å². The van der Waals surface area contributed by atoms with Crippen LogP contribution in [0.5, 0.6) is 0 Å². The first-order valence-electron chi connectivity index (χ1n) is 9.51. The fourth-order valence-electron chi connectivity index (χ4n) is 3.72. The molecule has 1 fully saturated rings. The number of H-pyrrole nitrogens is 1. The Hall–Kier alpha value is -2.31. The zero-order chi connectivity index (χ0) is 20.3. The van der Waals surface area contributed by atoms with Crippen molar-refractivity contribution in [3.05, 3.63) is 22.5 Å². The van der Waals surface area contributed by atoms with Crippen LogP contribution >= 0.6 is 0 Å². The third-order valence-electron chi connectivity index (χ3n) is 5.00. The molecule has 0 bridgehead atoms. The van der Waals surface area contributed by atoms with Gasteiger partial charge in [-0.1, -0.05) is 0 Å². The van der Waals surface area contributed by atoms with Gasteiger partial charge in [-0.05, 0) is 66.4 Å². The normalized spacial score (nSPS) is 19.9. The summed E-state index contributed by atoms with van der Waals surface area (Å²) in [6.07, 6.45) is 2.76. The Morgan fingerprint density at radius 2 is 1.70 bits per heavy atom. The zero-order valence-corrected chi connectivity index (χ0v) is 17.0. The Labute approximate surface area is 160 Å². The Bertz CT molecular complexity index is 712. The van der Waals surface area contributed by atoms with E-state index >= 15 is 0 Å². The average Bonchev–Trinajstić information content (AvgIpc) is 2.86. The highest BCUT2D eigenvalue weighted by molar-refractivity contribution is 5.99. The Morgan fingerprint density at radius 1 is 1.11 bits per heavy atom. The molecule has 27 heavy (non-hydrogen) atoms. The molecule has 2 atom stereocenters. The van der Waals surface area contributed by atoms with E-state index in [4.69, 9.17) is 9.47 Å². The van der Waals surface area contributed by atoms with Crippen molar-refractivity contribution < 1.29 is 23.9 Å². The molecule has 1 aromatic heterocycles. The largest absolute Gasteiger partial charge is 0.459 e. The maximum Gasteiger partial charge on any atom is 0.355 e. The fourth-order valence-corrected chi connectivity index (χ4v) is 3.72. The van der Waals surface area contributed by atoms with Crippen LogP contribution in [-0.4, -0.2) is 52.5 Å². The number of nitrogens with one attached hydrogen (secondary N) is 1. The number of hydrogen-bond donors (Lipinski definition) is 1. The number of nitrogens with zero attached hydrogens (tertiary/aromatic N) is 1. The van der Waals surface area contributed by atoms with Gasteiger partial charge in [0.05, 0.1) is 11.7 Å². The number of aryl methyl sites for hydroxylation is 1. The number of hydrogen-bond acceptors (Lipinski definition) is 5. The van der Waals surface area contributed by atoms with Gasteiger partial charge in [-0.2, -0.15) is 0 Å². The van der Waals surface area contributed by atoms with Crippen molar-refractivity contribution in [3.8, 4) is 0 Å². The molecule has 150 valence electrons. The summed E-state index contributed by atoms with van der Waals surface area (Å²) in [5.41, 5.74) is 1.51. The number of ether oxygens (including phenoxy) is 2. The third-order valence-corrected chi connectivity index (χ3v) is 5.00.